The molecule has 2 aliphatic heterocycles. The van der Waals surface area contributed by atoms with Gasteiger partial charge >= 0.3 is 17.8 Å². The SMILES string of the molecule is COCCOC1CCC(=O)O[N+]12C(=O)CCC2=O. The normalized spacial score (nSPS) is 26.7. The average molecular weight is 258 g/mol. The van der Waals surface area contributed by atoms with Crippen molar-refractivity contribution in [1.82, 2.24) is 0 Å². The van der Waals surface area contributed by atoms with E-state index in [1.165, 1.54) is 7.11 Å². The standard InChI is InChI=1S/C11H16NO6/c1-16-6-7-17-10-4-5-11(15)18-12(10)8(13)2-3-9(12)14/h10H,2-7H2,1H3/q+1. The summed E-state index contributed by atoms with van der Waals surface area (Å²) < 4.78 is 9.41. The van der Waals surface area contributed by atoms with Crippen molar-refractivity contribution >= 4 is 17.8 Å². The van der Waals surface area contributed by atoms with Crippen molar-refractivity contribution in [3.05, 3.63) is 0 Å². The minimum Gasteiger partial charge on any atom is -0.382 e. The van der Waals surface area contributed by atoms with Gasteiger partial charge in [0, 0.05) is 18.2 Å². The number of hydroxylamine groups is 3. The van der Waals surface area contributed by atoms with Gasteiger partial charge in [-0.2, -0.15) is 0 Å². The Balaban J connectivity index is 2.17. The second-order valence-electron chi connectivity index (χ2n) is 4.27. The number of ether oxygens (including phenoxy) is 2. The smallest absolute Gasteiger partial charge is 0.368 e. The Morgan fingerprint density at radius 2 is 1.83 bits per heavy atom. The van der Waals surface area contributed by atoms with E-state index in [-0.39, 0.29) is 25.9 Å². The highest BCUT2D eigenvalue weighted by atomic mass is 16.8. The maximum Gasteiger partial charge on any atom is 0.368 e. The molecule has 2 rings (SSSR count). The fourth-order valence-corrected chi connectivity index (χ4v) is 2.25. The predicted molar refractivity (Wildman–Crippen MR) is 56.5 cm³/mol. The second kappa shape index (κ2) is 5.13. The number of carbonyl (C=O) groups is 3. The van der Waals surface area contributed by atoms with Gasteiger partial charge < -0.3 is 9.47 Å². The molecule has 0 radical (unpaired) electrons. The molecule has 100 valence electrons. The van der Waals surface area contributed by atoms with Crippen LogP contribution in [-0.4, -0.2) is 49.0 Å². The lowest BCUT2D eigenvalue weighted by molar-refractivity contribution is -1.00. The Bertz CT molecular complexity index is 364. The van der Waals surface area contributed by atoms with Gasteiger partial charge in [0.25, 0.3) is 0 Å². The van der Waals surface area contributed by atoms with E-state index in [4.69, 9.17) is 14.3 Å². The van der Waals surface area contributed by atoms with Crippen LogP contribution in [0, 0.1) is 0 Å². The molecule has 1 atom stereocenters. The summed E-state index contributed by atoms with van der Waals surface area (Å²) in [6.07, 6.45) is -0.0922. The number of amides is 2. The molecule has 2 fully saturated rings. The number of nitrogens with zero attached hydrogens (tertiary/aromatic N) is 1. The fourth-order valence-electron chi connectivity index (χ4n) is 2.25. The van der Waals surface area contributed by atoms with Gasteiger partial charge in [-0.3, -0.25) is 4.84 Å². The summed E-state index contributed by atoms with van der Waals surface area (Å²) in [7, 11) is 1.53. The molecule has 0 aliphatic carbocycles. The van der Waals surface area contributed by atoms with Crippen molar-refractivity contribution in [3.63, 3.8) is 0 Å². The highest BCUT2D eigenvalue weighted by molar-refractivity contribution is 5.92. The van der Waals surface area contributed by atoms with E-state index in [0.29, 0.717) is 13.0 Å². The Hall–Kier alpha value is -1.31. The molecule has 0 bridgehead atoms. The molecular weight excluding hydrogens is 242 g/mol. The van der Waals surface area contributed by atoms with Crippen LogP contribution < -0.4 is 0 Å². The van der Waals surface area contributed by atoms with Gasteiger partial charge in [0.1, 0.15) is 0 Å². The molecule has 7 heteroatoms. The van der Waals surface area contributed by atoms with Crippen LogP contribution >= 0.6 is 0 Å². The zero-order valence-corrected chi connectivity index (χ0v) is 10.2. The van der Waals surface area contributed by atoms with Crippen LogP contribution in [0.3, 0.4) is 0 Å². The highest BCUT2D eigenvalue weighted by Gasteiger charge is 2.62. The number of methoxy groups -OCH3 is 1. The quantitative estimate of drug-likeness (QED) is 0.398. The summed E-state index contributed by atoms with van der Waals surface area (Å²) in [5, 5.41) is 0. The van der Waals surface area contributed by atoms with Crippen molar-refractivity contribution in [2.45, 2.75) is 31.9 Å². The van der Waals surface area contributed by atoms with Gasteiger partial charge in [-0.25, -0.2) is 14.4 Å². The zero-order valence-electron chi connectivity index (χ0n) is 10.2. The Labute approximate surface area is 104 Å². The summed E-state index contributed by atoms with van der Waals surface area (Å²) in [6, 6.07) is 0. The monoisotopic (exact) mass is 258 g/mol. The number of quaternary nitrogens is 1. The molecule has 7 nitrogen and oxygen atoms in total. The molecule has 2 amide bonds. The minimum absolute atomic E-state index is 0.0935. The Kier molecular flexibility index (Phi) is 3.74. The maximum atomic E-state index is 11.9. The van der Waals surface area contributed by atoms with E-state index in [0.717, 1.165) is 0 Å². The number of rotatable bonds is 4. The van der Waals surface area contributed by atoms with Gasteiger partial charge in [-0.15, -0.1) is 0 Å². The summed E-state index contributed by atoms with van der Waals surface area (Å²) in [4.78, 5) is 40.2. The van der Waals surface area contributed by atoms with E-state index in [2.05, 4.69) is 0 Å². The number of hydrogen-bond acceptors (Lipinski definition) is 6. The molecule has 2 saturated heterocycles. The lowest BCUT2D eigenvalue weighted by atomic mass is 10.2. The molecular formula is C11H16NO6+. The van der Waals surface area contributed by atoms with Gasteiger partial charge in [0.2, 0.25) is 6.23 Å². The lowest BCUT2D eigenvalue weighted by Crippen LogP contribution is -2.63. The van der Waals surface area contributed by atoms with Crippen LogP contribution in [0.2, 0.25) is 0 Å². The van der Waals surface area contributed by atoms with Crippen molar-refractivity contribution in [1.29, 1.82) is 0 Å². The lowest BCUT2D eigenvalue weighted by Gasteiger charge is -2.35. The van der Waals surface area contributed by atoms with Gasteiger partial charge in [0.15, 0.2) is 0 Å². The van der Waals surface area contributed by atoms with Crippen LogP contribution in [0.25, 0.3) is 0 Å². The molecule has 18 heavy (non-hydrogen) atoms. The van der Waals surface area contributed by atoms with Crippen LogP contribution in [0.4, 0.5) is 0 Å². The summed E-state index contributed by atoms with van der Waals surface area (Å²) in [6.45, 7) is 0.603. The molecule has 2 heterocycles. The van der Waals surface area contributed by atoms with Crippen molar-refractivity contribution in [2.75, 3.05) is 20.3 Å². The molecule has 1 unspecified atom stereocenters. The third-order valence-corrected chi connectivity index (χ3v) is 3.14. The van der Waals surface area contributed by atoms with Gasteiger partial charge in [-0.05, 0) is 0 Å². The zero-order chi connectivity index (χ0) is 13.2. The van der Waals surface area contributed by atoms with Crippen LogP contribution in [-0.2, 0) is 28.7 Å². The van der Waals surface area contributed by atoms with E-state index in [1.807, 2.05) is 0 Å². The van der Waals surface area contributed by atoms with E-state index < -0.39 is 28.7 Å². The minimum atomic E-state index is -0.914. The van der Waals surface area contributed by atoms with Gasteiger partial charge in [0.05, 0.1) is 32.5 Å². The Morgan fingerprint density at radius 1 is 1.17 bits per heavy atom. The second-order valence-corrected chi connectivity index (χ2v) is 4.27. The molecule has 0 N–H and O–H groups in total. The van der Waals surface area contributed by atoms with Crippen LogP contribution in [0.1, 0.15) is 25.7 Å². The number of imide groups is 1. The van der Waals surface area contributed by atoms with E-state index in [9.17, 15) is 14.4 Å². The van der Waals surface area contributed by atoms with E-state index >= 15 is 0 Å². The first kappa shape index (κ1) is 13.1. The predicted octanol–water partition coefficient (Wildman–Crippen LogP) is -0.109. The first-order chi connectivity index (χ1) is 8.61. The third-order valence-electron chi connectivity index (χ3n) is 3.14. The number of hydrogen-bond donors (Lipinski definition) is 0. The van der Waals surface area contributed by atoms with Crippen molar-refractivity contribution in [3.8, 4) is 0 Å². The maximum absolute atomic E-state index is 11.9. The summed E-state index contributed by atoms with van der Waals surface area (Å²) in [5.41, 5.74) is 0. The average Bonchev–Trinajstić information content (AvgIpc) is 2.62. The topological polar surface area (TPSA) is 78.9 Å². The first-order valence-corrected chi connectivity index (χ1v) is 5.89. The summed E-state index contributed by atoms with van der Waals surface area (Å²) >= 11 is 0. The van der Waals surface area contributed by atoms with E-state index in [1.54, 1.807) is 0 Å². The van der Waals surface area contributed by atoms with Crippen LogP contribution in [0.15, 0.2) is 0 Å². The fraction of sp³-hybridized carbons (Fsp3) is 0.727. The molecule has 2 aliphatic rings. The van der Waals surface area contributed by atoms with Crippen LogP contribution in [0.5, 0.6) is 0 Å². The van der Waals surface area contributed by atoms with Gasteiger partial charge in [-0.1, -0.05) is 0 Å². The highest BCUT2D eigenvalue weighted by Crippen LogP contribution is 2.34. The summed E-state index contributed by atoms with van der Waals surface area (Å²) in [5.74, 6) is -1.35. The largest absolute Gasteiger partial charge is 0.382 e. The first-order valence-electron chi connectivity index (χ1n) is 5.89. The molecule has 0 aromatic carbocycles. The third kappa shape index (κ3) is 2.05. The molecule has 0 aromatic rings. The van der Waals surface area contributed by atoms with Crippen molar-refractivity contribution < 1.29 is 33.3 Å². The Morgan fingerprint density at radius 3 is 2.44 bits per heavy atom. The van der Waals surface area contributed by atoms with Crippen molar-refractivity contribution in [2.24, 2.45) is 0 Å². The number of carbonyl (C=O) groups excluding carboxylic acids is 3. The molecule has 1 spiro atoms. The molecule has 0 aromatic heterocycles. The molecule has 0 saturated carbocycles.